The van der Waals surface area contributed by atoms with E-state index in [9.17, 15) is 22.0 Å². The molecule has 0 saturated carbocycles. The van der Waals surface area contributed by atoms with Crippen molar-refractivity contribution in [3.8, 4) is 28.6 Å². The second-order valence-corrected chi connectivity index (χ2v) is 8.27. The Hall–Kier alpha value is -4.09. The Kier molecular flexibility index (Phi) is 6.37. The number of alkyl halides is 3. The van der Waals surface area contributed by atoms with E-state index in [2.05, 4.69) is 20.1 Å². The van der Waals surface area contributed by atoms with Crippen molar-refractivity contribution in [2.75, 3.05) is 14.2 Å². The summed E-state index contributed by atoms with van der Waals surface area (Å²) in [5.74, 6) is -1.26. The summed E-state index contributed by atoms with van der Waals surface area (Å²) in [6.07, 6.45) is -3.47. The average molecular weight is 505 g/mol. The highest BCUT2D eigenvalue weighted by atomic mass is 19.4. The molecule has 0 unspecified atom stereocenters. The lowest BCUT2D eigenvalue weighted by molar-refractivity contribution is -0.141. The predicted octanol–water partition coefficient (Wildman–Crippen LogP) is 5.36. The monoisotopic (exact) mass is 505 g/mol. The zero-order valence-electron chi connectivity index (χ0n) is 19.6. The fourth-order valence-corrected chi connectivity index (χ4v) is 3.47. The Morgan fingerprint density at radius 3 is 2.00 bits per heavy atom. The second kappa shape index (κ2) is 9.17. The van der Waals surface area contributed by atoms with Gasteiger partial charge in [0.25, 0.3) is 0 Å². The van der Waals surface area contributed by atoms with Gasteiger partial charge in [0.15, 0.2) is 11.5 Å². The average Bonchev–Trinajstić information content (AvgIpc) is 3.34. The van der Waals surface area contributed by atoms with E-state index in [0.717, 1.165) is 23.0 Å². The van der Waals surface area contributed by atoms with Gasteiger partial charge in [-0.1, -0.05) is 0 Å². The maximum absolute atomic E-state index is 14.4. The number of ether oxygens (including phenoxy) is 2. The van der Waals surface area contributed by atoms with Crippen LogP contribution in [0.4, 0.5) is 22.0 Å². The summed E-state index contributed by atoms with van der Waals surface area (Å²) in [5, 5.41) is 3.58. The van der Waals surface area contributed by atoms with E-state index < -0.39 is 29.2 Å². The van der Waals surface area contributed by atoms with Gasteiger partial charge in [0.2, 0.25) is 11.9 Å². The van der Waals surface area contributed by atoms with Crippen molar-refractivity contribution in [2.45, 2.75) is 25.4 Å². The van der Waals surface area contributed by atoms with E-state index in [1.807, 2.05) is 0 Å². The van der Waals surface area contributed by atoms with E-state index in [1.54, 1.807) is 26.0 Å². The summed E-state index contributed by atoms with van der Waals surface area (Å²) in [6, 6.07) is 9.22. The van der Waals surface area contributed by atoms with Crippen LogP contribution in [0.2, 0.25) is 0 Å². The first-order valence-electron chi connectivity index (χ1n) is 10.5. The van der Waals surface area contributed by atoms with Gasteiger partial charge in [0, 0.05) is 35.9 Å². The van der Waals surface area contributed by atoms with Crippen molar-refractivity contribution in [3.63, 3.8) is 0 Å². The lowest BCUT2D eigenvalue weighted by Gasteiger charge is -2.26. The summed E-state index contributed by atoms with van der Waals surface area (Å²) < 4.78 is 78.6. The Morgan fingerprint density at radius 2 is 1.42 bits per heavy atom. The van der Waals surface area contributed by atoms with Crippen LogP contribution in [0.5, 0.6) is 11.5 Å². The molecular weight excluding hydrogens is 485 g/mol. The standard InChI is InChI=1S/C24H20F5N5O2/c1-23(2,18-10-13(35-3)9-16(30-18)15-5-6-20(25)32-22(15)26)19-11-14(36-4)12-21(31-19)34-8-7-17(33-34)24(27,28)29/h5-12H,1-4H3. The molecule has 0 aliphatic rings. The van der Waals surface area contributed by atoms with E-state index in [4.69, 9.17) is 9.47 Å². The van der Waals surface area contributed by atoms with Crippen LogP contribution in [-0.2, 0) is 11.6 Å². The third-order valence-corrected chi connectivity index (χ3v) is 5.54. The van der Waals surface area contributed by atoms with Gasteiger partial charge in [-0.25, -0.2) is 9.67 Å². The molecule has 12 heteroatoms. The molecule has 0 spiro atoms. The number of rotatable bonds is 6. The van der Waals surface area contributed by atoms with Crippen LogP contribution < -0.4 is 9.47 Å². The first kappa shape index (κ1) is 25.0. The van der Waals surface area contributed by atoms with Gasteiger partial charge < -0.3 is 9.47 Å². The summed E-state index contributed by atoms with van der Waals surface area (Å²) in [4.78, 5) is 12.3. The molecule has 0 bridgehead atoms. The van der Waals surface area contributed by atoms with Crippen LogP contribution in [0.15, 0.2) is 48.7 Å². The van der Waals surface area contributed by atoms with Gasteiger partial charge in [-0.05, 0) is 32.0 Å². The number of hydrogen-bond donors (Lipinski definition) is 0. The topological polar surface area (TPSA) is 75.0 Å². The highest BCUT2D eigenvalue weighted by Gasteiger charge is 2.34. The van der Waals surface area contributed by atoms with Gasteiger partial charge in [-0.15, -0.1) is 0 Å². The minimum Gasteiger partial charge on any atom is -0.497 e. The van der Waals surface area contributed by atoms with E-state index in [-0.39, 0.29) is 17.1 Å². The number of methoxy groups -OCH3 is 2. The highest BCUT2D eigenvalue weighted by molar-refractivity contribution is 5.61. The van der Waals surface area contributed by atoms with Gasteiger partial charge >= 0.3 is 6.18 Å². The lowest BCUT2D eigenvalue weighted by atomic mass is 9.84. The van der Waals surface area contributed by atoms with Gasteiger partial charge in [-0.2, -0.15) is 32.0 Å². The molecule has 0 radical (unpaired) electrons. The molecule has 188 valence electrons. The minimum atomic E-state index is -4.61. The summed E-state index contributed by atoms with van der Waals surface area (Å²) >= 11 is 0. The van der Waals surface area contributed by atoms with Crippen LogP contribution >= 0.6 is 0 Å². The highest BCUT2D eigenvalue weighted by Crippen LogP contribution is 2.36. The number of nitrogens with zero attached hydrogens (tertiary/aromatic N) is 5. The fourth-order valence-electron chi connectivity index (χ4n) is 3.47. The first-order valence-corrected chi connectivity index (χ1v) is 10.5. The van der Waals surface area contributed by atoms with Crippen LogP contribution in [0.3, 0.4) is 0 Å². The van der Waals surface area contributed by atoms with Crippen LogP contribution in [0.25, 0.3) is 17.1 Å². The van der Waals surface area contributed by atoms with Crippen molar-refractivity contribution < 1.29 is 31.4 Å². The normalized spacial score (nSPS) is 12.0. The maximum atomic E-state index is 14.4. The van der Waals surface area contributed by atoms with E-state index in [1.165, 1.54) is 32.4 Å². The zero-order valence-corrected chi connectivity index (χ0v) is 19.6. The smallest absolute Gasteiger partial charge is 0.435 e. The Labute approximate surface area is 202 Å². The number of hydrogen-bond acceptors (Lipinski definition) is 6. The zero-order chi connectivity index (χ0) is 26.3. The molecule has 7 nitrogen and oxygen atoms in total. The molecule has 0 saturated heterocycles. The fraction of sp³-hybridized carbons (Fsp3) is 0.250. The second-order valence-electron chi connectivity index (χ2n) is 8.27. The molecule has 4 aromatic rings. The van der Waals surface area contributed by atoms with Crippen molar-refractivity contribution in [3.05, 3.63) is 77.6 Å². The molecule has 0 aromatic carbocycles. The van der Waals surface area contributed by atoms with Crippen molar-refractivity contribution in [1.82, 2.24) is 24.7 Å². The van der Waals surface area contributed by atoms with Gasteiger partial charge in [0.1, 0.15) is 11.5 Å². The molecule has 0 aliphatic heterocycles. The van der Waals surface area contributed by atoms with Gasteiger partial charge in [0.05, 0.1) is 36.9 Å². The first-order chi connectivity index (χ1) is 16.9. The van der Waals surface area contributed by atoms with Crippen LogP contribution in [0, 0.1) is 11.9 Å². The SMILES string of the molecule is COc1cc(-c2ccc(F)nc2F)nc(C(C)(C)c2cc(OC)cc(-n3ccc(C(F)(F)F)n3)n2)c1. The third kappa shape index (κ3) is 4.83. The number of pyridine rings is 3. The molecule has 0 aliphatic carbocycles. The number of halogens is 5. The van der Waals surface area contributed by atoms with Crippen molar-refractivity contribution >= 4 is 0 Å². The summed E-state index contributed by atoms with van der Waals surface area (Å²) in [6.45, 7) is 3.54. The Morgan fingerprint density at radius 1 is 0.778 bits per heavy atom. The van der Waals surface area contributed by atoms with Crippen molar-refractivity contribution in [2.24, 2.45) is 0 Å². The number of aromatic nitrogens is 5. The summed E-state index contributed by atoms with van der Waals surface area (Å²) in [5.41, 5.74) is -1.16. The molecule has 4 heterocycles. The molecule has 0 fully saturated rings. The molecular formula is C24H20F5N5O2. The van der Waals surface area contributed by atoms with Crippen LogP contribution in [-0.4, -0.2) is 39.0 Å². The Balaban J connectivity index is 1.84. The largest absolute Gasteiger partial charge is 0.497 e. The van der Waals surface area contributed by atoms with Crippen molar-refractivity contribution in [1.29, 1.82) is 0 Å². The van der Waals surface area contributed by atoms with E-state index >= 15 is 0 Å². The van der Waals surface area contributed by atoms with Crippen LogP contribution in [0.1, 0.15) is 30.9 Å². The minimum absolute atomic E-state index is 0.0390. The predicted molar refractivity (Wildman–Crippen MR) is 119 cm³/mol. The Bertz CT molecular complexity index is 1420. The molecule has 0 N–H and O–H groups in total. The van der Waals surface area contributed by atoms with Gasteiger partial charge in [-0.3, -0.25) is 4.98 Å². The third-order valence-electron chi connectivity index (χ3n) is 5.54. The maximum Gasteiger partial charge on any atom is 0.435 e. The lowest BCUT2D eigenvalue weighted by Crippen LogP contribution is -2.23. The molecule has 36 heavy (non-hydrogen) atoms. The molecule has 4 rings (SSSR count). The molecule has 4 aromatic heterocycles. The quantitative estimate of drug-likeness (QED) is 0.259. The van der Waals surface area contributed by atoms with E-state index in [0.29, 0.717) is 22.9 Å². The molecule has 0 amide bonds. The molecule has 0 atom stereocenters. The summed E-state index contributed by atoms with van der Waals surface area (Å²) in [7, 11) is 2.83.